The molecule has 1 unspecified atom stereocenters. The van der Waals surface area contributed by atoms with Crippen molar-refractivity contribution in [3.63, 3.8) is 0 Å². The van der Waals surface area contributed by atoms with E-state index in [4.69, 9.17) is 5.11 Å². The highest BCUT2D eigenvalue weighted by Crippen LogP contribution is 2.13. The van der Waals surface area contributed by atoms with Crippen LogP contribution >= 0.6 is 0 Å². The van der Waals surface area contributed by atoms with E-state index in [1.807, 2.05) is 0 Å². The van der Waals surface area contributed by atoms with Crippen LogP contribution in [0.3, 0.4) is 0 Å². The lowest BCUT2D eigenvalue weighted by Crippen LogP contribution is -2.29. The van der Waals surface area contributed by atoms with E-state index in [1.165, 1.54) is 4.90 Å². The Kier molecular flexibility index (Phi) is 3.22. The number of carbonyl (C=O) groups is 2. The van der Waals surface area contributed by atoms with Crippen molar-refractivity contribution in [3.05, 3.63) is 0 Å². The third-order valence-electron chi connectivity index (χ3n) is 2.04. The van der Waals surface area contributed by atoms with E-state index >= 15 is 0 Å². The van der Waals surface area contributed by atoms with E-state index in [9.17, 15) is 14.0 Å². The van der Waals surface area contributed by atoms with Gasteiger partial charge in [-0.25, -0.2) is 4.39 Å². The minimum absolute atomic E-state index is 0.0257. The van der Waals surface area contributed by atoms with Crippen LogP contribution in [0.2, 0.25) is 0 Å². The van der Waals surface area contributed by atoms with Gasteiger partial charge in [0.25, 0.3) is 0 Å². The van der Waals surface area contributed by atoms with Gasteiger partial charge in [0.05, 0.1) is 13.0 Å². The molecule has 0 aromatic rings. The number of carboxylic acid groups (broad SMARTS) is 1. The lowest BCUT2D eigenvalue weighted by molar-refractivity contribution is -0.140. The number of amides is 1. The molecule has 5 heteroatoms. The highest BCUT2D eigenvalue weighted by molar-refractivity contribution is 5.80. The molecule has 0 spiro atoms. The summed E-state index contributed by atoms with van der Waals surface area (Å²) in [7, 11) is 0. The van der Waals surface area contributed by atoms with E-state index in [1.54, 1.807) is 0 Å². The van der Waals surface area contributed by atoms with Crippen molar-refractivity contribution in [2.45, 2.75) is 25.4 Å². The zero-order valence-electron chi connectivity index (χ0n) is 7.20. The molecule has 1 amide bonds. The molecule has 0 aliphatic carbocycles. The normalized spacial score (nSPS) is 21.9. The SMILES string of the molecule is O=C(O)CCC(=O)N1CCC(F)C1. The van der Waals surface area contributed by atoms with Crippen LogP contribution in [0, 0.1) is 0 Å². The molecule has 0 aromatic heterocycles. The molecule has 1 saturated heterocycles. The minimum Gasteiger partial charge on any atom is -0.481 e. The standard InChI is InChI=1S/C8H12FNO3/c9-6-3-4-10(5-6)7(11)1-2-8(12)13/h6H,1-5H2,(H,12,13). The van der Waals surface area contributed by atoms with Crippen LogP contribution in [-0.4, -0.2) is 41.1 Å². The van der Waals surface area contributed by atoms with Crippen molar-refractivity contribution in [1.29, 1.82) is 0 Å². The summed E-state index contributed by atoms with van der Waals surface area (Å²) in [5.41, 5.74) is 0. The maximum Gasteiger partial charge on any atom is 0.303 e. The second-order valence-electron chi connectivity index (χ2n) is 3.12. The Morgan fingerprint density at radius 2 is 2.15 bits per heavy atom. The van der Waals surface area contributed by atoms with Crippen LogP contribution in [-0.2, 0) is 9.59 Å². The smallest absolute Gasteiger partial charge is 0.303 e. The average Bonchev–Trinajstić information content (AvgIpc) is 2.47. The number of nitrogens with zero attached hydrogens (tertiary/aromatic N) is 1. The molecule has 4 nitrogen and oxygen atoms in total. The Morgan fingerprint density at radius 3 is 2.62 bits per heavy atom. The largest absolute Gasteiger partial charge is 0.481 e. The van der Waals surface area contributed by atoms with Crippen molar-refractivity contribution < 1.29 is 19.1 Å². The van der Waals surface area contributed by atoms with E-state index in [-0.39, 0.29) is 25.3 Å². The first-order valence-electron chi connectivity index (χ1n) is 4.23. The molecule has 1 heterocycles. The first-order chi connectivity index (χ1) is 6.09. The second-order valence-corrected chi connectivity index (χ2v) is 3.12. The third-order valence-corrected chi connectivity index (χ3v) is 2.04. The zero-order valence-corrected chi connectivity index (χ0v) is 7.20. The summed E-state index contributed by atoms with van der Waals surface area (Å²) in [5, 5.41) is 8.31. The first kappa shape index (κ1) is 9.95. The molecular formula is C8H12FNO3. The predicted octanol–water partition coefficient (Wildman–Crippen LogP) is 0.422. The summed E-state index contributed by atoms with van der Waals surface area (Å²) in [6, 6.07) is 0. The van der Waals surface area contributed by atoms with Gasteiger partial charge < -0.3 is 10.0 Å². The molecule has 74 valence electrons. The molecule has 0 aromatic carbocycles. The number of alkyl halides is 1. The number of aliphatic carboxylic acids is 1. The fourth-order valence-corrected chi connectivity index (χ4v) is 1.32. The van der Waals surface area contributed by atoms with E-state index < -0.39 is 12.1 Å². The number of hydrogen-bond donors (Lipinski definition) is 1. The Bertz CT molecular complexity index is 219. The number of hydrogen-bond acceptors (Lipinski definition) is 2. The van der Waals surface area contributed by atoms with E-state index in [0.717, 1.165) is 0 Å². The zero-order chi connectivity index (χ0) is 9.84. The molecular weight excluding hydrogens is 177 g/mol. The van der Waals surface area contributed by atoms with Crippen molar-refractivity contribution in [1.82, 2.24) is 4.90 Å². The lowest BCUT2D eigenvalue weighted by Gasteiger charge is -2.13. The quantitative estimate of drug-likeness (QED) is 0.700. The van der Waals surface area contributed by atoms with Crippen LogP contribution in [0.15, 0.2) is 0 Å². The molecule has 1 aliphatic rings. The van der Waals surface area contributed by atoms with E-state index in [2.05, 4.69) is 0 Å². The van der Waals surface area contributed by atoms with Gasteiger partial charge in [-0.3, -0.25) is 9.59 Å². The highest BCUT2D eigenvalue weighted by Gasteiger charge is 2.25. The third kappa shape index (κ3) is 3.01. The fraction of sp³-hybridized carbons (Fsp3) is 0.750. The van der Waals surface area contributed by atoms with Gasteiger partial charge in [0, 0.05) is 13.0 Å². The number of halogens is 1. The van der Waals surface area contributed by atoms with Gasteiger partial charge in [0.15, 0.2) is 0 Å². The average molecular weight is 189 g/mol. The summed E-state index contributed by atoms with van der Waals surface area (Å²) in [4.78, 5) is 22.7. The monoisotopic (exact) mass is 189 g/mol. The maximum atomic E-state index is 12.6. The molecule has 1 atom stereocenters. The van der Waals surface area contributed by atoms with Crippen molar-refractivity contribution in [3.8, 4) is 0 Å². The van der Waals surface area contributed by atoms with Crippen LogP contribution in [0.5, 0.6) is 0 Å². The summed E-state index contributed by atoms with van der Waals surface area (Å²) in [5.74, 6) is -1.26. The number of carboxylic acids is 1. The molecule has 1 N–H and O–H groups in total. The molecule has 1 rings (SSSR count). The number of carbonyl (C=O) groups excluding carboxylic acids is 1. The number of likely N-dealkylation sites (tertiary alicyclic amines) is 1. The molecule has 13 heavy (non-hydrogen) atoms. The Hall–Kier alpha value is -1.13. The highest BCUT2D eigenvalue weighted by atomic mass is 19.1. The Balaban J connectivity index is 2.27. The van der Waals surface area contributed by atoms with Crippen molar-refractivity contribution in [2.24, 2.45) is 0 Å². The van der Waals surface area contributed by atoms with Crippen LogP contribution in [0.1, 0.15) is 19.3 Å². The minimum atomic E-state index is -0.996. The van der Waals surface area contributed by atoms with Crippen molar-refractivity contribution in [2.75, 3.05) is 13.1 Å². The Labute approximate surface area is 75.3 Å². The van der Waals surface area contributed by atoms with Gasteiger partial charge in [-0.05, 0) is 6.42 Å². The molecule has 0 radical (unpaired) electrons. The van der Waals surface area contributed by atoms with Gasteiger partial charge in [-0.1, -0.05) is 0 Å². The van der Waals surface area contributed by atoms with Gasteiger partial charge in [-0.15, -0.1) is 0 Å². The van der Waals surface area contributed by atoms with Gasteiger partial charge in [0.2, 0.25) is 5.91 Å². The van der Waals surface area contributed by atoms with Crippen LogP contribution in [0.4, 0.5) is 4.39 Å². The van der Waals surface area contributed by atoms with Crippen LogP contribution in [0.25, 0.3) is 0 Å². The van der Waals surface area contributed by atoms with Gasteiger partial charge in [-0.2, -0.15) is 0 Å². The first-order valence-corrected chi connectivity index (χ1v) is 4.23. The van der Waals surface area contributed by atoms with Gasteiger partial charge in [0.1, 0.15) is 6.17 Å². The lowest BCUT2D eigenvalue weighted by atomic mass is 10.3. The van der Waals surface area contributed by atoms with Crippen LogP contribution < -0.4 is 0 Å². The van der Waals surface area contributed by atoms with E-state index in [0.29, 0.717) is 13.0 Å². The predicted molar refractivity (Wildman–Crippen MR) is 43.0 cm³/mol. The summed E-state index contributed by atoms with van der Waals surface area (Å²) >= 11 is 0. The van der Waals surface area contributed by atoms with Crippen molar-refractivity contribution >= 4 is 11.9 Å². The topological polar surface area (TPSA) is 57.6 Å². The number of rotatable bonds is 3. The fourth-order valence-electron chi connectivity index (χ4n) is 1.32. The Morgan fingerprint density at radius 1 is 1.46 bits per heavy atom. The second kappa shape index (κ2) is 4.20. The molecule has 1 fully saturated rings. The molecule has 1 aliphatic heterocycles. The summed E-state index contributed by atoms with van der Waals surface area (Å²) < 4.78 is 12.6. The maximum absolute atomic E-state index is 12.6. The molecule has 0 saturated carbocycles. The molecule has 0 bridgehead atoms. The summed E-state index contributed by atoms with van der Waals surface area (Å²) in [6.07, 6.45) is -0.763. The van der Waals surface area contributed by atoms with Gasteiger partial charge >= 0.3 is 5.97 Å². The summed E-state index contributed by atoms with van der Waals surface area (Å²) in [6.45, 7) is 0.540.